The third-order valence-corrected chi connectivity index (χ3v) is 9.47. The number of hydrogen-bond acceptors (Lipinski definition) is 6. The van der Waals surface area contributed by atoms with Crippen LogP contribution in [0.3, 0.4) is 0 Å². The fourth-order valence-corrected chi connectivity index (χ4v) is 6.71. The molecule has 2 bridgehead atoms. The largest absolute Gasteiger partial charge is 0.457 e. The minimum absolute atomic E-state index is 0.0110. The predicted molar refractivity (Wildman–Crippen MR) is 184 cm³/mol. The predicted octanol–water partition coefficient (Wildman–Crippen LogP) is 6.64. The van der Waals surface area contributed by atoms with E-state index in [2.05, 4.69) is 29.7 Å². The molecule has 1 aliphatic carbocycles. The zero-order valence-electron chi connectivity index (χ0n) is 27.9. The van der Waals surface area contributed by atoms with E-state index in [1.807, 2.05) is 66.7 Å². The minimum atomic E-state index is -0.870. The molecule has 0 saturated carbocycles. The van der Waals surface area contributed by atoms with Crippen LogP contribution in [0.15, 0.2) is 78.9 Å². The van der Waals surface area contributed by atoms with Crippen molar-refractivity contribution >= 4 is 11.8 Å². The van der Waals surface area contributed by atoms with Crippen LogP contribution in [-0.2, 0) is 20.7 Å². The van der Waals surface area contributed by atoms with Crippen molar-refractivity contribution in [3.05, 3.63) is 95.6 Å². The van der Waals surface area contributed by atoms with Gasteiger partial charge in [0.15, 0.2) is 0 Å². The standard InChI is InChI=1S/C39H51N3O5/c1-3-4-8-20-38(44)42(2)35-19-13-7-14-23-46-37-26-33(32-25-30(21-22-31(32)37)47-29-17-11-6-12-18-29)40-27-36(43)34(41-39(35)45)24-28-15-9-5-10-16-28/h5-6,9-12,15-18,21-22,25,33-37,40,43H,3-4,7-8,13-14,19-20,23-24,26-27H2,1-2H3,(H,41,45)/t33?,34-,35-,36+,37?/m0/s1. The monoisotopic (exact) mass is 641 g/mol. The Hall–Kier alpha value is -3.72. The number of amides is 2. The molecule has 3 N–H and O–H groups in total. The quantitative estimate of drug-likeness (QED) is 0.227. The molecule has 3 aromatic rings. The average Bonchev–Trinajstić information content (AvgIpc) is 3.43. The minimum Gasteiger partial charge on any atom is -0.457 e. The molecule has 0 radical (unpaired) electrons. The SMILES string of the molecule is CCCCCC(=O)N(C)[C@H]1CCCCCOC2CC(NC[C@@H](O)[C@H](Cc3ccccc3)NC1=O)c1cc(Oc3ccccc3)ccc12. The zero-order valence-corrected chi connectivity index (χ0v) is 27.9. The summed E-state index contributed by atoms with van der Waals surface area (Å²) in [4.78, 5) is 28.7. The lowest BCUT2D eigenvalue weighted by atomic mass is 9.98. The van der Waals surface area contributed by atoms with E-state index in [0.29, 0.717) is 25.9 Å². The molecule has 3 aromatic carbocycles. The second kappa shape index (κ2) is 17.4. The number of β-amino-alcohol motifs (C(OH)–C–C–N with tert-alkyl or cyclic N) is 1. The maximum Gasteiger partial charge on any atom is 0.243 e. The van der Waals surface area contributed by atoms with Crippen molar-refractivity contribution in [2.24, 2.45) is 0 Å². The Morgan fingerprint density at radius 2 is 1.72 bits per heavy atom. The summed E-state index contributed by atoms with van der Waals surface area (Å²) in [6.45, 7) is 3.00. The number of fused-ring (bicyclic) bond motifs is 5. The fourth-order valence-electron chi connectivity index (χ4n) is 6.71. The maximum absolute atomic E-state index is 13.9. The molecule has 1 saturated heterocycles. The number of aliphatic hydroxyl groups is 1. The highest BCUT2D eigenvalue weighted by Gasteiger charge is 2.34. The summed E-state index contributed by atoms with van der Waals surface area (Å²) in [7, 11) is 1.74. The first kappa shape index (κ1) is 34.6. The molecule has 1 heterocycles. The van der Waals surface area contributed by atoms with E-state index < -0.39 is 18.2 Å². The van der Waals surface area contributed by atoms with Crippen LogP contribution in [0, 0.1) is 0 Å². The third-order valence-electron chi connectivity index (χ3n) is 9.47. The van der Waals surface area contributed by atoms with Gasteiger partial charge in [-0.15, -0.1) is 0 Å². The van der Waals surface area contributed by atoms with Crippen molar-refractivity contribution in [3.63, 3.8) is 0 Å². The molecule has 5 atom stereocenters. The molecule has 8 nitrogen and oxygen atoms in total. The highest BCUT2D eigenvalue weighted by Crippen LogP contribution is 2.43. The van der Waals surface area contributed by atoms with Gasteiger partial charge in [0.2, 0.25) is 11.8 Å². The second-order valence-electron chi connectivity index (χ2n) is 13.0. The lowest BCUT2D eigenvalue weighted by molar-refractivity contribution is -0.140. The Morgan fingerprint density at radius 3 is 2.49 bits per heavy atom. The summed E-state index contributed by atoms with van der Waals surface area (Å²) in [6, 6.07) is 24.6. The van der Waals surface area contributed by atoms with Gasteiger partial charge in [0.25, 0.3) is 0 Å². The van der Waals surface area contributed by atoms with Gasteiger partial charge in [-0.05, 0) is 73.1 Å². The topological polar surface area (TPSA) is 100 Å². The van der Waals surface area contributed by atoms with Crippen LogP contribution in [0.25, 0.3) is 0 Å². The highest BCUT2D eigenvalue weighted by molar-refractivity contribution is 5.87. The molecule has 252 valence electrons. The van der Waals surface area contributed by atoms with E-state index in [1.165, 1.54) is 0 Å². The van der Waals surface area contributed by atoms with Crippen LogP contribution in [0.1, 0.15) is 93.5 Å². The summed E-state index contributed by atoms with van der Waals surface area (Å²) in [6.07, 6.45) is 6.69. The molecule has 5 rings (SSSR count). The number of rotatable bonds is 9. The molecule has 2 unspecified atom stereocenters. The van der Waals surface area contributed by atoms with E-state index >= 15 is 0 Å². The Balaban J connectivity index is 1.36. The smallest absolute Gasteiger partial charge is 0.243 e. The number of para-hydroxylation sites is 1. The van der Waals surface area contributed by atoms with E-state index in [0.717, 1.165) is 73.1 Å². The summed E-state index contributed by atoms with van der Waals surface area (Å²) >= 11 is 0. The fraction of sp³-hybridized carbons (Fsp3) is 0.487. The van der Waals surface area contributed by atoms with Gasteiger partial charge in [0, 0.05) is 32.7 Å². The summed E-state index contributed by atoms with van der Waals surface area (Å²) in [5.41, 5.74) is 3.26. The number of benzene rings is 3. The van der Waals surface area contributed by atoms with Crippen molar-refractivity contribution in [2.75, 3.05) is 20.2 Å². The zero-order chi connectivity index (χ0) is 33.0. The van der Waals surface area contributed by atoms with Crippen LogP contribution in [-0.4, -0.2) is 60.2 Å². The van der Waals surface area contributed by atoms with Gasteiger partial charge in [-0.1, -0.05) is 87.2 Å². The van der Waals surface area contributed by atoms with Gasteiger partial charge < -0.3 is 30.1 Å². The Labute approximate surface area is 279 Å². The van der Waals surface area contributed by atoms with Crippen molar-refractivity contribution in [3.8, 4) is 11.5 Å². The van der Waals surface area contributed by atoms with E-state index in [-0.39, 0.29) is 30.5 Å². The number of unbranched alkanes of at least 4 members (excludes halogenated alkanes) is 2. The Kier molecular flexibility index (Phi) is 12.8. The van der Waals surface area contributed by atoms with Gasteiger partial charge in [0.1, 0.15) is 17.5 Å². The molecule has 8 heteroatoms. The van der Waals surface area contributed by atoms with Crippen LogP contribution in [0.4, 0.5) is 0 Å². The van der Waals surface area contributed by atoms with E-state index in [4.69, 9.17) is 9.47 Å². The molecule has 2 amide bonds. The Bertz CT molecular complexity index is 1420. The van der Waals surface area contributed by atoms with Gasteiger partial charge in [-0.3, -0.25) is 9.59 Å². The number of aliphatic hydroxyl groups excluding tert-OH is 1. The molecule has 0 aromatic heterocycles. The number of nitrogens with one attached hydrogen (secondary N) is 2. The van der Waals surface area contributed by atoms with Crippen molar-refractivity contribution in [1.82, 2.24) is 15.5 Å². The number of hydrogen-bond donors (Lipinski definition) is 3. The Morgan fingerprint density at radius 1 is 0.957 bits per heavy atom. The first-order valence-electron chi connectivity index (χ1n) is 17.4. The van der Waals surface area contributed by atoms with Gasteiger partial charge in [-0.2, -0.15) is 0 Å². The van der Waals surface area contributed by atoms with Gasteiger partial charge in [0.05, 0.1) is 18.2 Å². The lowest BCUT2D eigenvalue weighted by Crippen LogP contribution is -2.55. The number of carbonyl (C=O) groups is 2. The molecular formula is C39H51N3O5. The maximum atomic E-state index is 13.9. The van der Waals surface area contributed by atoms with Crippen molar-refractivity contribution < 1.29 is 24.2 Å². The average molecular weight is 642 g/mol. The number of nitrogens with zero attached hydrogens (tertiary/aromatic N) is 1. The summed E-state index contributed by atoms with van der Waals surface area (Å²) < 4.78 is 12.6. The van der Waals surface area contributed by atoms with Gasteiger partial charge in [-0.25, -0.2) is 0 Å². The summed E-state index contributed by atoms with van der Waals surface area (Å²) in [5.74, 6) is 1.30. The third kappa shape index (κ3) is 9.66. The molecular weight excluding hydrogens is 590 g/mol. The van der Waals surface area contributed by atoms with Crippen molar-refractivity contribution in [2.45, 2.75) is 101 Å². The molecule has 47 heavy (non-hydrogen) atoms. The number of likely N-dealkylation sites (N-methyl/N-ethyl adjacent to an activating group) is 1. The van der Waals surface area contributed by atoms with E-state index in [1.54, 1.807) is 11.9 Å². The van der Waals surface area contributed by atoms with Crippen LogP contribution < -0.4 is 15.4 Å². The molecule has 2 aliphatic rings. The first-order chi connectivity index (χ1) is 22.9. The highest BCUT2D eigenvalue weighted by atomic mass is 16.5. The number of ether oxygens (including phenoxy) is 2. The molecule has 1 fully saturated rings. The summed E-state index contributed by atoms with van der Waals surface area (Å²) in [5, 5.41) is 18.4. The second-order valence-corrected chi connectivity index (χ2v) is 13.0. The molecule has 0 spiro atoms. The molecule has 1 aliphatic heterocycles. The van der Waals surface area contributed by atoms with Crippen LogP contribution >= 0.6 is 0 Å². The lowest BCUT2D eigenvalue weighted by Gasteiger charge is -2.32. The number of carbonyl (C=O) groups excluding carboxylic acids is 2. The van der Waals surface area contributed by atoms with Crippen LogP contribution in [0.2, 0.25) is 0 Å². The van der Waals surface area contributed by atoms with Crippen molar-refractivity contribution in [1.29, 1.82) is 0 Å². The normalized spacial score (nSPS) is 23.8. The first-order valence-corrected chi connectivity index (χ1v) is 17.4. The van der Waals surface area contributed by atoms with Gasteiger partial charge >= 0.3 is 0 Å². The van der Waals surface area contributed by atoms with Crippen LogP contribution in [0.5, 0.6) is 11.5 Å². The van der Waals surface area contributed by atoms with E-state index in [9.17, 15) is 14.7 Å².